The van der Waals surface area contributed by atoms with Gasteiger partial charge in [-0.25, -0.2) is 10.4 Å². The summed E-state index contributed by atoms with van der Waals surface area (Å²) in [6.45, 7) is 2.04. The number of rotatable bonds is 8. The fraction of sp³-hybridized carbons (Fsp3) is 0.0357. The van der Waals surface area contributed by atoms with E-state index >= 15 is 0 Å². The van der Waals surface area contributed by atoms with Crippen LogP contribution in [0.25, 0.3) is 22.6 Å². The first-order valence-corrected chi connectivity index (χ1v) is 13.3. The number of nitrogens with one attached hydrogen (secondary N) is 2. The van der Waals surface area contributed by atoms with Crippen LogP contribution in [0, 0.1) is 17.0 Å². The number of nitro benzene ring substituents is 1. The van der Waals surface area contributed by atoms with Crippen molar-refractivity contribution in [3.05, 3.63) is 116 Å². The molecule has 11 heteroatoms. The number of anilines is 2. The predicted octanol–water partition coefficient (Wildman–Crippen LogP) is 7.56. The molecule has 0 aliphatic rings. The molecule has 0 radical (unpaired) electrons. The molecule has 39 heavy (non-hydrogen) atoms. The zero-order valence-corrected chi connectivity index (χ0v) is 22.8. The van der Waals surface area contributed by atoms with Crippen LogP contribution in [0.5, 0.6) is 0 Å². The Hall–Kier alpha value is -4.61. The number of aryl methyl sites for hydroxylation is 1. The number of non-ortho nitro benzene ring substituents is 1. The lowest BCUT2D eigenvalue weighted by molar-refractivity contribution is -0.384. The van der Waals surface area contributed by atoms with E-state index in [-0.39, 0.29) is 11.6 Å². The monoisotopic (exact) mass is 601 g/mol. The van der Waals surface area contributed by atoms with Gasteiger partial charge in [0.15, 0.2) is 5.13 Å². The van der Waals surface area contributed by atoms with E-state index in [1.165, 1.54) is 35.2 Å². The Morgan fingerprint density at radius 3 is 2.56 bits per heavy atom. The number of carbonyl (C=O) groups is 1. The number of amides is 1. The van der Waals surface area contributed by atoms with Gasteiger partial charge in [0.1, 0.15) is 11.5 Å². The number of aromatic nitrogens is 1. The molecule has 0 aliphatic carbocycles. The van der Waals surface area contributed by atoms with Crippen LogP contribution in [-0.2, 0) is 0 Å². The first-order valence-electron chi connectivity index (χ1n) is 11.6. The minimum Gasteiger partial charge on any atom is -0.455 e. The zero-order valence-electron chi connectivity index (χ0n) is 20.4. The van der Waals surface area contributed by atoms with Crippen molar-refractivity contribution in [2.75, 3.05) is 5.32 Å². The number of hydrazone groups is 1. The number of thiazole rings is 1. The van der Waals surface area contributed by atoms with Crippen molar-refractivity contribution in [3.63, 3.8) is 0 Å². The minimum atomic E-state index is -0.467. The molecule has 0 atom stereocenters. The van der Waals surface area contributed by atoms with E-state index in [0.29, 0.717) is 27.1 Å². The first-order chi connectivity index (χ1) is 18.9. The highest BCUT2D eigenvalue weighted by molar-refractivity contribution is 9.10. The summed E-state index contributed by atoms with van der Waals surface area (Å²) in [5, 5.41) is 21.0. The van der Waals surface area contributed by atoms with Crippen LogP contribution < -0.4 is 10.7 Å². The number of hydrogen-bond acceptors (Lipinski definition) is 8. The second kappa shape index (κ2) is 11.4. The molecule has 2 N–H and O–H groups in total. The van der Waals surface area contributed by atoms with Crippen LogP contribution in [0.1, 0.15) is 21.7 Å². The lowest BCUT2D eigenvalue weighted by atomic mass is 10.1. The summed E-state index contributed by atoms with van der Waals surface area (Å²) >= 11 is 4.84. The predicted molar refractivity (Wildman–Crippen MR) is 156 cm³/mol. The van der Waals surface area contributed by atoms with E-state index in [1.54, 1.807) is 30.3 Å². The summed E-state index contributed by atoms with van der Waals surface area (Å²) in [7, 11) is 0. The van der Waals surface area contributed by atoms with Crippen LogP contribution in [-0.4, -0.2) is 22.0 Å². The molecular weight excluding hydrogens is 582 g/mol. The highest BCUT2D eigenvalue weighted by Crippen LogP contribution is 2.32. The summed E-state index contributed by atoms with van der Waals surface area (Å²) in [6.07, 6.45) is 1.38. The molecule has 0 bridgehead atoms. The summed E-state index contributed by atoms with van der Waals surface area (Å²) in [5.41, 5.74) is 7.43. The number of hydrogen-bond donors (Lipinski definition) is 2. The van der Waals surface area contributed by atoms with Gasteiger partial charge in [-0.3, -0.25) is 14.9 Å². The van der Waals surface area contributed by atoms with Crippen molar-refractivity contribution in [1.29, 1.82) is 0 Å². The van der Waals surface area contributed by atoms with Crippen LogP contribution in [0.3, 0.4) is 0 Å². The first kappa shape index (κ1) is 26.0. The Labute approximate surface area is 235 Å². The molecule has 0 unspecified atom stereocenters. The third-order valence-electron chi connectivity index (χ3n) is 5.66. The van der Waals surface area contributed by atoms with Crippen molar-refractivity contribution in [3.8, 4) is 22.6 Å². The largest absolute Gasteiger partial charge is 0.455 e. The molecule has 0 saturated heterocycles. The quantitative estimate of drug-likeness (QED) is 0.107. The number of furan rings is 1. The van der Waals surface area contributed by atoms with Gasteiger partial charge in [-0.1, -0.05) is 29.8 Å². The molecule has 2 aromatic heterocycles. The fourth-order valence-corrected chi connectivity index (χ4v) is 4.92. The number of nitro groups is 1. The molecule has 1 amide bonds. The fourth-order valence-electron chi connectivity index (χ4n) is 3.62. The third-order valence-corrected chi connectivity index (χ3v) is 7.08. The SMILES string of the molecule is Cc1ccc(Nc2nc(-c3ccc(C(=O)N/N=C\c4ccc(-c5ccc([N+](=O)[O-])cc5Br)o4)cc3)cs2)cc1. The van der Waals surface area contributed by atoms with Crippen molar-refractivity contribution in [1.82, 2.24) is 10.4 Å². The lowest BCUT2D eigenvalue weighted by Crippen LogP contribution is -2.17. The molecule has 5 aromatic rings. The van der Waals surface area contributed by atoms with Gasteiger partial charge in [0, 0.05) is 44.4 Å². The van der Waals surface area contributed by atoms with Crippen LogP contribution >= 0.6 is 27.3 Å². The number of benzene rings is 3. The molecule has 0 saturated carbocycles. The summed E-state index contributed by atoms with van der Waals surface area (Å²) in [5.74, 6) is 0.534. The van der Waals surface area contributed by atoms with Gasteiger partial charge in [0.2, 0.25) is 0 Å². The van der Waals surface area contributed by atoms with Gasteiger partial charge in [-0.2, -0.15) is 5.10 Å². The minimum absolute atomic E-state index is 0.0267. The van der Waals surface area contributed by atoms with Crippen molar-refractivity contribution < 1.29 is 14.1 Å². The number of nitrogens with zero attached hydrogens (tertiary/aromatic N) is 3. The smallest absolute Gasteiger partial charge is 0.271 e. The Morgan fingerprint density at radius 2 is 1.85 bits per heavy atom. The Bertz CT molecular complexity index is 1680. The van der Waals surface area contributed by atoms with Gasteiger partial charge in [0.05, 0.1) is 16.8 Å². The van der Waals surface area contributed by atoms with Crippen LogP contribution in [0.4, 0.5) is 16.5 Å². The summed E-state index contributed by atoms with van der Waals surface area (Å²) in [6, 6.07) is 23.0. The van der Waals surface area contributed by atoms with Crippen LogP contribution in [0.15, 0.2) is 98.2 Å². The van der Waals surface area contributed by atoms with Crippen LogP contribution in [0.2, 0.25) is 0 Å². The van der Waals surface area contributed by atoms with Gasteiger partial charge in [-0.15, -0.1) is 11.3 Å². The number of carbonyl (C=O) groups excluding carboxylic acids is 1. The van der Waals surface area contributed by atoms with Crippen molar-refractivity contribution in [2.45, 2.75) is 6.92 Å². The molecule has 0 aliphatic heterocycles. The topological polar surface area (TPSA) is 123 Å². The second-order valence-corrected chi connectivity index (χ2v) is 10.1. The normalized spacial score (nSPS) is 11.0. The third kappa shape index (κ3) is 6.28. The molecule has 9 nitrogen and oxygen atoms in total. The molecule has 5 rings (SSSR count). The molecule has 0 spiro atoms. The zero-order chi connectivity index (χ0) is 27.4. The second-order valence-electron chi connectivity index (χ2n) is 8.43. The van der Waals surface area contributed by atoms with E-state index < -0.39 is 4.92 Å². The van der Waals surface area contributed by atoms with E-state index in [9.17, 15) is 14.9 Å². The maximum absolute atomic E-state index is 12.5. The Morgan fingerprint density at radius 1 is 1.08 bits per heavy atom. The van der Waals surface area contributed by atoms with E-state index in [1.807, 2.05) is 48.7 Å². The molecule has 194 valence electrons. The summed E-state index contributed by atoms with van der Waals surface area (Å²) in [4.78, 5) is 27.6. The average Bonchev–Trinajstić information content (AvgIpc) is 3.60. The maximum Gasteiger partial charge on any atom is 0.271 e. The molecule has 0 fully saturated rings. The standard InChI is InChI=1S/C28H20BrN5O4S/c1-17-2-8-20(9-3-17)31-28-32-25(16-39-28)18-4-6-19(7-5-18)27(35)33-30-15-22-11-13-26(38-22)23-12-10-21(34(36)37)14-24(23)29/h2-16H,1H3,(H,31,32)(H,33,35)/b30-15-. The van der Waals surface area contributed by atoms with E-state index in [2.05, 4.69) is 36.8 Å². The van der Waals surface area contributed by atoms with Gasteiger partial charge < -0.3 is 9.73 Å². The van der Waals surface area contributed by atoms with E-state index in [0.717, 1.165) is 22.1 Å². The molecule has 2 heterocycles. The van der Waals surface area contributed by atoms with Gasteiger partial charge in [-0.05, 0) is 65.3 Å². The van der Waals surface area contributed by atoms with Crippen molar-refractivity contribution >= 4 is 55.9 Å². The number of halogens is 1. The van der Waals surface area contributed by atoms with Gasteiger partial charge in [0.25, 0.3) is 11.6 Å². The highest BCUT2D eigenvalue weighted by atomic mass is 79.9. The Kier molecular flexibility index (Phi) is 7.62. The molecular formula is C28H20BrN5O4S. The lowest BCUT2D eigenvalue weighted by Gasteiger charge is -2.03. The summed E-state index contributed by atoms with van der Waals surface area (Å²) < 4.78 is 6.27. The average molecular weight is 602 g/mol. The van der Waals surface area contributed by atoms with Gasteiger partial charge >= 0.3 is 0 Å². The highest BCUT2D eigenvalue weighted by Gasteiger charge is 2.13. The Balaban J connectivity index is 1.18. The van der Waals surface area contributed by atoms with E-state index in [4.69, 9.17) is 4.42 Å². The van der Waals surface area contributed by atoms with Crippen molar-refractivity contribution in [2.24, 2.45) is 5.10 Å². The maximum atomic E-state index is 12.5. The molecule has 3 aromatic carbocycles.